The Morgan fingerprint density at radius 2 is 1.97 bits per heavy atom. The first-order valence-corrected chi connectivity index (χ1v) is 10.9. The molecule has 5 heteroatoms. The molecule has 4 nitrogen and oxygen atoms in total. The molecule has 0 amide bonds. The lowest BCUT2D eigenvalue weighted by Crippen LogP contribution is -2.44. The van der Waals surface area contributed by atoms with Crippen molar-refractivity contribution in [1.82, 2.24) is 9.88 Å². The lowest BCUT2D eigenvalue weighted by molar-refractivity contribution is -0.0630. The van der Waals surface area contributed by atoms with Crippen LogP contribution in [-0.2, 0) is 17.8 Å². The van der Waals surface area contributed by atoms with E-state index in [9.17, 15) is 4.79 Å². The van der Waals surface area contributed by atoms with Crippen molar-refractivity contribution < 1.29 is 4.74 Å². The summed E-state index contributed by atoms with van der Waals surface area (Å²) in [7, 11) is 0. The minimum absolute atomic E-state index is 0.0325. The molecule has 30 heavy (non-hydrogen) atoms. The van der Waals surface area contributed by atoms with Crippen LogP contribution in [0.25, 0.3) is 10.9 Å². The van der Waals surface area contributed by atoms with Crippen LogP contribution < -0.4 is 10.9 Å². The number of rotatable bonds is 5. The Morgan fingerprint density at radius 1 is 1.17 bits per heavy atom. The van der Waals surface area contributed by atoms with E-state index in [1.54, 1.807) is 0 Å². The zero-order valence-electron chi connectivity index (χ0n) is 17.9. The van der Waals surface area contributed by atoms with Crippen LogP contribution in [0.15, 0.2) is 53.3 Å². The van der Waals surface area contributed by atoms with Crippen molar-refractivity contribution in [3.05, 3.63) is 80.6 Å². The number of fused-ring (bicyclic) bond motifs is 1. The standard InChI is InChI=1S/C25H29ClN2O2/c1-17-8-9-23-19(12-17)13-20(15-27-21-10-11-30-25(2,3)14-21)24(29)28(23)16-18-6-4-5-7-22(18)26/h4-9,12-13,21,27H,10-11,14-16H2,1-3H3. The topological polar surface area (TPSA) is 43.3 Å². The fourth-order valence-corrected chi connectivity index (χ4v) is 4.50. The minimum Gasteiger partial charge on any atom is -0.375 e. The van der Waals surface area contributed by atoms with Gasteiger partial charge in [-0.1, -0.05) is 41.4 Å². The highest BCUT2D eigenvalue weighted by atomic mass is 35.5. The number of hydrogen-bond acceptors (Lipinski definition) is 3. The SMILES string of the molecule is Cc1ccc2c(c1)cc(CNC1CCOC(C)(C)C1)c(=O)n2Cc1ccccc1Cl. The van der Waals surface area contributed by atoms with Crippen LogP contribution in [0, 0.1) is 6.92 Å². The highest BCUT2D eigenvalue weighted by Crippen LogP contribution is 2.24. The number of aryl methyl sites for hydroxylation is 1. The van der Waals surface area contributed by atoms with Crippen molar-refractivity contribution in [2.75, 3.05) is 6.61 Å². The van der Waals surface area contributed by atoms with Gasteiger partial charge in [-0.3, -0.25) is 4.79 Å². The van der Waals surface area contributed by atoms with Crippen molar-refractivity contribution in [3.63, 3.8) is 0 Å². The predicted molar refractivity (Wildman–Crippen MR) is 123 cm³/mol. The summed E-state index contributed by atoms with van der Waals surface area (Å²) in [6, 6.07) is 16.3. The molecule has 1 aromatic heterocycles. The van der Waals surface area contributed by atoms with E-state index in [1.165, 1.54) is 5.56 Å². The molecule has 2 heterocycles. The molecule has 158 valence electrons. The van der Waals surface area contributed by atoms with E-state index < -0.39 is 0 Å². The van der Waals surface area contributed by atoms with Crippen LogP contribution in [0.4, 0.5) is 0 Å². The van der Waals surface area contributed by atoms with Gasteiger partial charge in [0.1, 0.15) is 0 Å². The monoisotopic (exact) mass is 424 g/mol. The Hall–Kier alpha value is -2.14. The van der Waals surface area contributed by atoms with Gasteiger partial charge in [-0.25, -0.2) is 0 Å². The number of nitrogens with zero attached hydrogens (tertiary/aromatic N) is 1. The van der Waals surface area contributed by atoms with Crippen LogP contribution in [-0.4, -0.2) is 22.8 Å². The normalized spacial score (nSPS) is 18.6. The lowest BCUT2D eigenvalue weighted by Gasteiger charge is -2.36. The Balaban J connectivity index is 1.69. The molecule has 4 rings (SSSR count). The molecule has 1 fully saturated rings. The summed E-state index contributed by atoms with van der Waals surface area (Å²) in [5.41, 5.74) is 3.74. The molecule has 1 N–H and O–H groups in total. The molecule has 1 aliphatic rings. The number of aromatic nitrogens is 1. The van der Waals surface area contributed by atoms with Gasteiger partial charge in [0.2, 0.25) is 0 Å². The maximum Gasteiger partial charge on any atom is 0.255 e. The molecular formula is C25H29ClN2O2. The Morgan fingerprint density at radius 3 is 2.73 bits per heavy atom. The number of ether oxygens (including phenoxy) is 1. The Kier molecular flexibility index (Phi) is 6.01. The third kappa shape index (κ3) is 4.61. The Bertz CT molecular complexity index is 1120. The minimum atomic E-state index is -0.124. The van der Waals surface area contributed by atoms with E-state index in [2.05, 4.69) is 32.2 Å². The first-order chi connectivity index (χ1) is 14.3. The van der Waals surface area contributed by atoms with Crippen LogP contribution in [0.3, 0.4) is 0 Å². The van der Waals surface area contributed by atoms with E-state index in [0.29, 0.717) is 24.2 Å². The zero-order valence-corrected chi connectivity index (χ0v) is 18.6. The quantitative estimate of drug-likeness (QED) is 0.622. The largest absolute Gasteiger partial charge is 0.375 e. The molecule has 2 aromatic carbocycles. The van der Waals surface area contributed by atoms with Gasteiger partial charge in [0.05, 0.1) is 17.7 Å². The highest BCUT2D eigenvalue weighted by Gasteiger charge is 2.28. The number of benzene rings is 2. The van der Waals surface area contributed by atoms with Gasteiger partial charge < -0.3 is 14.6 Å². The van der Waals surface area contributed by atoms with Crippen molar-refractivity contribution in [2.45, 2.75) is 58.3 Å². The average Bonchev–Trinajstić information content (AvgIpc) is 2.69. The van der Waals surface area contributed by atoms with E-state index >= 15 is 0 Å². The first-order valence-electron chi connectivity index (χ1n) is 10.6. The fourth-order valence-electron chi connectivity index (χ4n) is 4.31. The molecule has 0 saturated carbocycles. The van der Waals surface area contributed by atoms with Crippen LogP contribution in [0.1, 0.15) is 43.4 Å². The van der Waals surface area contributed by atoms with E-state index in [1.807, 2.05) is 47.0 Å². The summed E-state index contributed by atoms with van der Waals surface area (Å²) < 4.78 is 7.67. The predicted octanol–water partition coefficient (Wildman–Crippen LogP) is 5.06. The molecule has 0 aliphatic carbocycles. The molecule has 0 radical (unpaired) electrons. The second-order valence-electron chi connectivity index (χ2n) is 8.89. The molecule has 0 bridgehead atoms. The summed E-state index contributed by atoms with van der Waals surface area (Å²) >= 11 is 6.39. The first kappa shape index (κ1) is 21.1. The third-order valence-electron chi connectivity index (χ3n) is 5.89. The number of hydrogen-bond donors (Lipinski definition) is 1. The van der Waals surface area contributed by atoms with Gasteiger partial charge in [0, 0.05) is 29.8 Å². The molecule has 1 atom stereocenters. The van der Waals surface area contributed by atoms with Gasteiger partial charge in [-0.05, 0) is 68.8 Å². The van der Waals surface area contributed by atoms with E-state index in [4.69, 9.17) is 16.3 Å². The maximum absolute atomic E-state index is 13.4. The fraction of sp³-hybridized carbons (Fsp3) is 0.400. The summed E-state index contributed by atoms with van der Waals surface area (Å²) in [6.07, 6.45) is 1.90. The van der Waals surface area contributed by atoms with Gasteiger partial charge in [0.25, 0.3) is 5.56 Å². The van der Waals surface area contributed by atoms with Gasteiger partial charge in [0.15, 0.2) is 0 Å². The molecule has 1 unspecified atom stereocenters. The van der Waals surface area contributed by atoms with Crippen LogP contribution >= 0.6 is 11.6 Å². The van der Waals surface area contributed by atoms with Crippen molar-refractivity contribution in [3.8, 4) is 0 Å². The highest BCUT2D eigenvalue weighted by molar-refractivity contribution is 6.31. The van der Waals surface area contributed by atoms with Crippen molar-refractivity contribution >= 4 is 22.5 Å². The van der Waals surface area contributed by atoms with Crippen LogP contribution in [0.2, 0.25) is 5.02 Å². The maximum atomic E-state index is 13.4. The summed E-state index contributed by atoms with van der Waals surface area (Å²) in [5.74, 6) is 0. The molecule has 1 saturated heterocycles. The smallest absolute Gasteiger partial charge is 0.255 e. The molecule has 1 aliphatic heterocycles. The molecule has 3 aromatic rings. The summed E-state index contributed by atoms with van der Waals surface area (Å²) in [5, 5.41) is 5.35. The Labute approximate surface area is 182 Å². The average molecular weight is 425 g/mol. The zero-order chi connectivity index (χ0) is 21.3. The number of nitrogens with one attached hydrogen (secondary N) is 1. The van der Waals surface area contributed by atoms with Gasteiger partial charge in [-0.15, -0.1) is 0 Å². The second kappa shape index (κ2) is 8.54. The van der Waals surface area contributed by atoms with Gasteiger partial charge in [-0.2, -0.15) is 0 Å². The van der Waals surface area contributed by atoms with Crippen molar-refractivity contribution in [1.29, 1.82) is 0 Å². The molecule has 0 spiro atoms. The second-order valence-corrected chi connectivity index (χ2v) is 9.30. The molecular weight excluding hydrogens is 396 g/mol. The van der Waals surface area contributed by atoms with Crippen LogP contribution in [0.5, 0.6) is 0 Å². The lowest BCUT2D eigenvalue weighted by atomic mass is 9.94. The number of halogens is 1. The van der Waals surface area contributed by atoms with Gasteiger partial charge >= 0.3 is 0 Å². The number of pyridine rings is 1. The van der Waals surface area contributed by atoms with E-state index in [0.717, 1.165) is 41.5 Å². The summed E-state index contributed by atoms with van der Waals surface area (Å²) in [6.45, 7) is 8.07. The van der Waals surface area contributed by atoms with Crippen molar-refractivity contribution in [2.24, 2.45) is 0 Å². The summed E-state index contributed by atoms with van der Waals surface area (Å²) in [4.78, 5) is 13.4. The third-order valence-corrected chi connectivity index (χ3v) is 6.26. The van der Waals surface area contributed by atoms with E-state index in [-0.39, 0.29) is 11.2 Å².